The molecule has 0 fully saturated rings. The highest BCUT2D eigenvalue weighted by molar-refractivity contribution is 5.84. The summed E-state index contributed by atoms with van der Waals surface area (Å²) in [6, 6.07) is 8.06. The Bertz CT molecular complexity index is 537. The van der Waals surface area contributed by atoms with E-state index in [1.807, 2.05) is 0 Å². The van der Waals surface area contributed by atoms with Gasteiger partial charge < -0.3 is 10.5 Å². The van der Waals surface area contributed by atoms with Gasteiger partial charge in [0.2, 0.25) is 6.10 Å². The fourth-order valence-electron chi connectivity index (χ4n) is 1.58. The van der Waals surface area contributed by atoms with Crippen molar-refractivity contribution in [1.29, 1.82) is 0 Å². The first-order valence-electron chi connectivity index (χ1n) is 5.29. The monoisotopic (exact) mass is 256 g/mol. The molecule has 96 valence electrons. The van der Waals surface area contributed by atoms with E-state index in [2.05, 4.69) is 4.98 Å². The maximum absolute atomic E-state index is 12.6. The lowest BCUT2D eigenvalue weighted by molar-refractivity contribution is -0.191. The van der Waals surface area contributed by atoms with E-state index < -0.39 is 18.8 Å². The van der Waals surface area contributed by atoms with E-state index in [4.69, 9.17) is 10.5 Å². The van der Waals surface area contributed by atoms with Crippen LogP contribution in [0.25, 0.3) is 10.9 Å². The standard InChI is InChI=1S/C12H11F3N2O/c13-12(14,15)11(7-16)18-10-5-1-4-9-8(10)3-2-6-17-9/h1-6,11H,7,16H2. The molecular formula is C12H11F3N2O. The Hall–Kier alpha value is -1.82. The van der Waals surface area contributed by atoms with Gasteiger partial charge in [0.15, 0.2) is 0 Å². The topological polar surface area (TPSA) is 48.1 Å². The van der Waals surface area contributed by atoms with E-state index in [1.54, 1.807) is 30.5 Å². The summed E-state index contributed by atoms with van der Waals surface area (Å²) in [5.41, 5.74) is 5.67. The molecule has 1 heterocycles. The molecule has 2 N–H and O–H groups in total. The third kappa shape index (κ3) is 2.53. The van der Waals surface area contributed by atoms with E-state index in [0.717, 1.165) is 0 Å². The Labute approximate surface area is 101 Å². The van der Waals surface area contributed by atoms with Gasteiger partial charge in [0, 0.05) is 18.1 Å². The molecule has 0 radical (unpaired) electrons. The van der Waals surface area contributed by atoms with E-state index in [0.29, 0.717) is 10.9 Å². The number of hydrogen-bond acceptors (Lipinski definition) is 3. The normalized spacial score (nSPS) is 13.6. The number of benzene rings is 1. The maximum atomic E-state index is 12.6. The fourth-order valence-corrected chi connectivity index (χ4v) is 1.58. The van der Waals surface area contributed by atoms with E-state index in [-0.39, 0.29) is 5.75 Å². The van der Waals surface area contributed by atoms with Crippen molar-refractivity contribution in [2.75, 3.05) is 6.54 Å². The number of nitrogens with two attached hydrogens (primary N) is 1. The molecule has 6 heteroatoms. The molecule has 0 aliphatic rings. The number of pyridine rings is 1. The van der Waals surface area contributed by atoms with Crippen LogP contribution in [-0.2, 0) is 0 Å². The highest BCUT2D eigenvalue weighted by Crippen LogP contribution is 2.29. The number of alkyl halides is 3. The van der Waals surface area contributed by atoms with Gasteiger partial charge >= 0.3 is 6.18 Å². The van der Waals surface area contributed by atoms with Gasteiger partial charge in [-0.2, -0.15) is 13.2 Å². The summed E-state index contributed by atoms with van der Waals surface area (Å²) in [7, 11) is 0. The van der Waals surface area contributed by atoms with Crippen LogP contribution in [-0.4, -0.2) is 23.8 Å². The minimum atomic E-state index is -4.49. The minimum Gasteiger partial charge on any atom is -0.479 e. The van der Waals surface area contributed by atoms with Crippen LogP contribution >= 0.6 is 0 Å². The average Bonchev–Trinajstić information content (AvgIpc) is 2.34. The zero-order valence-corrected chi connectivity index (χ0v) is 9.32. The number of fused-ring (bicyclic) bond motifs is 1. The van der Waals surface area contributed by atoms with Crippen molar-refractivity contribution in [2.45, 2.75) is 12.3 Å². The second kappa shape index (κ2) is 4.81. The lowest BCUT2D eigenvalue weighted by Gasteiger charge is -2.20. The van der Waals surface area contributed by atoms with Crippen molar-refractivity contribution >= 4 is 10.9 Å². The molecule has 0 bridgehead atoms. The molecule has 1 unspecified atom stereocenters. The first kappa shape index (κ1) is 12.6. The zero-order valence-electron chi connectivity index (χ0n) is 9.32. The fraction of sp³-hybridized carbons (Fsp3) is 0.250. The number of aromatic nitrogens is 1. The number of nitrogens with zero attached hydrogens (tertiary/aromatic N) is 1. The van der Waals surface area contributed by atoms with Gasteiger partial charge in [0.1, 0.15) is 5.75 Å². The summed E-state index contributed by atoms with van der Waals surface area (Å²) >= 11 is 0. The van der Waals surface area contributed by atoms with Crippen LogP contribution < -0.4 is 10.5 Å². The van der Waals surface area contributed by atoms with Crippen LogP contribution in [0.2, 0.25) is 0 Å². The van der Waals surface area contributed by atoms with Crippen LogP contribution in [0.3, 0.4) is 0 Å². The molecule has 0 saturated heterocycles. The van der Waals surface area contributed by atoms with Gasteiger partial charge in [-0.25, -0.2) is 0 Å². The smallest absolute Gasteiger partial charge is 0.426 e. The Balaban J connectivity index is 2.37. The van der Waals surface area contributed by atoms with Gasteiger partial charge in [-0.1, -0.05) is 6.07 Å². The van der Waals surface area contributed by atoms with E-state index in [9.17, 15) is 13.2 Å². The maximum Gasteiger partial charge on any atom is 0.426 e. The van der Waals surface area contributed by atoms with Crippen molar-refractivity contribution in [3.63, 3.8) is 0 Å². The second-order valence-electron chi connectivity index (χ2n) is 3.71. The van der Waals surface area contributed by atoms with Gasteiger partial charge in [0.25, 0.3) is 0 Å². The third-order valence-corrected chi connectivity index (χ3v) is 2.45. The van der Waals surface area contributed by atoms with Gasteiger partial charge in [-0.15, -0.1) is 0 Å². The number of rotatable bonds is 3. The molecule has 2 aromatic rings. The largest absolute Gasteiger partial charge is 0.479 e. The molecule has 0 spiro atoms. The average molecular weight is 256 g/mol. The Morgan fingerprint density at radius 3 is 2.67 bits per heavy atom. The summed E-state index contributed by atoms with van der Waals surface area (Å²) in [4.78, 5) is 4.04. The second-order valence-corrected chi connectivity index (χ2v) is 3.71. The van der Waals surface area contributed by atoms with Crippen molar-refractivity contribution in [2.24, 2.45) is 5.73 Å². The molecule has 0 saturated carbocycles. The molecule has 3 nitrogen and oxygen atoms in total. The summed E-state index contributed by atoms with van der Waals surface area (Å²) in [6.45, 7) is -0.625. The first-order chi connectivity index (χ1) is 8.52. The SMILES string of the molecule is NCC(Oc1cccc2ncccc12)C(F)(F)F. The molecule has 1 aromatic heterocycles. The summed E-state index contributed by atoms with van der Waals surface area (Å²) in [5.74, 6) is 0.133. The summed E-state index contributed by atoms with van der Waals surface area (Å²) in [6.07, 6.45) is -4.93. The van der Waals surface area contributed by atoms with Crippen molar-refractivity contribution in [3.8, 4) is 5.75 Å². The van der Waals surface area contributed by atoms with E-state index >= 15 is 0 Å². The molecular weight excluding hydrogens is 245 g/mol. The van der Waals surface area contributed by atoms with Crippen LogP contribution in [0.15, 0.2) is 36.5 Å². The van der Waals surface area contributed by atoms with Crippen LogP contribution in [0.1, 0.15) is 0 Å². The number of hydrogen-bond donors (Lipinski definition) is 1. The van der Waals surface area contributed by atoms with Gasteiger partial charge in [-0.3, -0.25) is 4.98 Å². The summed E-state index contributed by atoms with van der Waals surface area (Å²) < 4.78 is 42.7. The Morgan fingerprint density at radius 2 is 2.00 bits per heavy atom. The predicted octanol–water partition coefficient (Wildman–Crippen LogP) is 2.50. The van der Waals surface area contributed by atoms with Crippen LogP contribution in [0.5, 0.6) is 5.75 Å². The third-order valence-electron chi connectivity index (χ3n) is 2.45. The quantitative estimate of drug-likeness (QED) is 0.917. The predicted molar refractivity (Wildman–Crippen MR) is 61.3 cm³/mol. The highest BCUT2D eigenvalue weighted by atomic mass is 19.4. The number of ether oxygens (including phenoxy) is 1. The minimum absolute atomic E-state index is 0.133. The molecule has 18 heavy (non-hydrogen) atoms. The highest BCUT2D eigenvalue weighted by Gasteiger charge is 2.40. The van der Waals surface area contributed by atoms with Gasteiger partial charge in [0.05, 0.1) is 5.52 Å². The van der Waals surface area contributed by atoms with Crippen LogP contribution in [0, 0.1) is 0 Å². The zero-order chi connectivity index (χ0) is 13.2. The number of halogens is 3. The molecule has 2 rings (SSSR count). The Morgan fingerprint density at radius 1 is 1.22 bits per heavy atom. The lowest BCUT2D eigenvalue weighted by Crippen LogP contribution is -2.40. The molecule has 0 aliphatic carbocycles. The molecule has 1 aromatic carbocycles. The van der Waals surface area contributed by atoms with E-state index in [1.165, 1.54) is 6.07 Å². The van der Waals surface area contributed by atoms with Gasteiger partial charge in [-0.05, 0) is 24.3 Å². The first-order valence-corrected chi connectivity index (χ1v) is 5.29. The summed E-state index contributed by atoms with van der Waals surface area (Å²) in [5, 5.41) is 0.530. The Kier molecular flexibility index (Phi) is 3.38. The van der Waals surface area contributed by atoms with Crippen molar-refractivity contribution < 1.29 is 17.9 Å². The molecule has 0 amide bonds. The molecule has 1 atom stereocenters. The van der Waals surface area contributed by atoms with Crippen molar-refractivity contribution in [1.82, 2.24) is 4.98 Å². The molecule has 0 aliphatic heterocycles. The lowest BCUT2D eigenvalue weighted by atomic mass is 10.2. The van der Waals surface area contributed by atoms with Crippen molar-refractivity contribution in [3.05, 3.63) is 36.5 Å². The van der Waals surface area contributed by atoms with Crippen LogP contribution in [0.4, 0.5) is 13.2 Å².